The van der Waals surface area contributed by atoms with Gasteiger partial charge in [0.25, 0.3) is 0 Å². The standard InChI is InChI=1S/C58H64O16/c1-35(2)57(63)73-21-19-71-55-45-27-39(7)29-47(55)34-48-30-40(8)28-46(56(48)72-20-22-74-58(64)36(3)4)33-44-26-38(6)24-42(54(44)70-18-16-68-52(62)14-12-50(60)66-10)31-41-23-37(5)25-43(32-45)53(41)69-17-15-67-51(61)13-11-49(59)65-9/h11-14,23-30H,1,3,15-22,31-34H2,2,4-10H3/b13-11-,14-12-. The van der Waals surface area contributed by atoms with E-state index in [1.54, 1.807) is 13.8 Å². The van der Waals surface area contributed by atoms with Crippen LogP contribution in [0.1, 0.15) is 80.6 Å². The van der Waals surface area contributed by atoms with Gasteiger partial charge in [0.15, 0.2) is 0 Å². The Labute approximate surface area is 431 Å². The Hall–Kier alpha value is -8.14. The monoisotopic (exact) mass is 1020 g/mol. The molecule has 5 rings (SSSR count). The summed E-state index contributed by atoms with van der Waals surface area (Å²) in [6.07, 6.45) is 5.10. The van der Waals surface area contributed by atoms with Gasteiger partial charge >= 0.3 is 35.8 Å². The van der Waals surface area contributed by atoms with Crippen molar-refractivity contribution >= 4 is 35.8 Å². The fraction of sp³-hybridized carbons (Fsp3) is 0.345. The van der Waals surface area contributed by atoms with E-state index in [1.165, 1.54) is 14.2 Å². The molecule has 0 aliphatic heterocycles. The summed E-state index contributed by atoms with van der Waals surface area (Å²) in [6.45, 7) is 18.0. The maximum atomic E-state index is 12.5. The number of hydrogen-bond donors (Lipinski definition) is 0. The van der Waals surface area contributed by atoms with E-state index in [2.05, 4.69) is 22.6 Å². The first kappa shape index (κ1) is 56.8. The van der Waals surface area contributed by atoms with Gasteiger partial charge in [0.1, 0.15) is 75.9 Å². The highest BCUT2D eigenvalue weighted by Gasteiger charge is 2.24. The van der Waals surface area contributed by atoms with E-state index in [0.29, 0.717) is 42.3 Å². The zero-order chi connectivity index (χ0) is 53.9. The Bertz CT molecular complexity index is 2640. The minimum atomic E-state index is -0.758. The molecule has 4 aromatic rings. The molecule has 0 radical (unpaired) electrons. The van der Waals surface area contributed by atoms with E-state index < -0.39 is 35.8 Å². The van der Waals surface area contributed by atoms with Gasteiger partial charge in [0.05, 0.1) is 14.2 Å². The predicted octanol–water partition coefficient (Wildman–Crippen LogP) is 7.90. The molecule has 0 fully saturated rings. The lowest BCUT2D eigenvalue weighted by Gasteiger charge is -2.24. The first-order valence-electron chi connectivity index (χ1n) is 23.9. The lowest BCUT2D eigenvalue weighted by molar-refractivity contribution is -0.140. The van der Waals surface area contributed by atoms with Crippen LogP contribution < -0.4 is 18.9 Å². The van der Waals surface area contributed by atoms with Crippen LogP contribution in [0.25, 0.3) is 0 Å². The van der Waals surface area contributed by atoms with Gasteiger partial charge in [0.2, 0.25) is 0 Å². The minimum absolute atomic E-state index is 0.0248. The average Bonchev–Trinajstić information content (AvgIpc) is 3.34. The highest BCUT2D eigenvalue weighted by atomic mass is 16.6. The molecule has 0 amide bonds. The van der Waals surface area contributed by atoms with E-state index in [0.717, 1.165) is 91.1 Å². The van der Waals surface area contributed by atoms with Crippen LogP contribution in [-0.4, -0.2) is 103 Å². The molecule has 0 saturated carbocycles. The molecule has 74 heavy (non-hydrogen) atoms. The van der Waals surface area contributed by atoms with Crippen molar-refractivity contribution in [3.8, 4) is 23.0 Å². The number of rotatable bonds is 22. The van der Waals surface area contributed by atoms with Gasteiger partial charge in [-0.25, -0.2) is 28.8 Å². The molecular formula is C58H64O16. The van der Waals surface area contributed by atoms with E-state index in [-0.39, 0.29) is 70.4 Å². The van der Waals surface area contributed by atoms with Crippen LogP contribution in [0.4, 0.5) is 0 Å². The molecule has 1 aliphatic rings. The van der Waals surface area contributed by atoms with Crippen molar-refractivity contribution in [2.45, 2.75) is 67.2 Å². The number of esters is 6. The summed E-state index contributed by atoms with van der Waals surface area (Å²) >= 11 is 0. The molecule has 0 N–H and O–H groups in total. The second-order valence-electron chi connectivity index (χ2n) is 17.6. The Morgan fingerprint density at radius 1 is 0.378 bits per heavy atom. The van der Waals surface area contributed by atoms with Gasteiger partial charge in [0, 0.05) is 61.1 Å². The number of fused-ring (bicyclic) bond motifs is 8. The average molecular weight is 1020 g/mol. The third kappa shape index (κ3) is 17.0. The quantitative estimate of drug-likeness (QED) is 0.0281. The highest BCUT2D eigenvalue weighted by Crippen LogP contribution is 2.40. The van der Waals surface area contributed by atoms with Crippen LogP contribution in [0.3, 0.4) is 0 Å². The Morgan fingerprint density at radius 2 is 0.595 bits per heavy atom. The summed E-state index contributed by atoms with van der Waals surface area (Å²) in [6, 6.07) is 16.2. The molecule has 1 aliphatic carbocycles. The summed E-state index contributed by atoms with van der Waals surface area (Å²) in [5.41, 5.74) is 10.6. The Balaban J connectivity index is 1.70. The van der Waals surface area contributed by atoms with E-state index in [4.69, 9.17) is 37.9 Å². The largest absolute Gasteiger partial charge is 0.489 e. The van der Waals surface area contributed by atoms with Gasteiger partial charge in [-0.15, -0.1) is 0 Å². The zero-order valence-electron chi connectivity index (χ0n) is 43.4. The number of aryl methyl sites for hydroxylation is 4. The molecule has 8 bridgehead atoms. The van der Waals surface area contributed by atoms with Crippen LogP contribution in [0.15, 0.2) is 97.1 Å². The number of methoxy groups -OCH3 is 2. The minimum Gasteiger partial charge on any atom is -0.489 e. The zero-order valence-corrected chi connectivity index (χ0v) is 43.4. The van der Waals surface area contributed by atoms with Crippen molar-refractivity contribution in [2.24, 2.45) is 0 Å². The third-order valence-electron chi connectivity index (χ3n) is 11.2. The molecule has 16 nitrogen and oxygen atoms in total. The smallest absolute Gasteiger partial charge is 0.333 e. The Kier molecular flexibility index (Phi) is 21.2. The SMILES string of the molecule is C=C(C)C(=O)OCCOc1c2cc(C)cc1Cc1cc(C)cc(c1OCCOC(=O)C(=C)C)Cc1cc(C)cc(c1OCCOC(=O)/C=C\C(=O)OC)Cc1cc(C)cc(c1OCCOC(=O)/C=C\C(=O)OC)C2. The third-order valence-corrected chi connectivity index (χ3v) is 11.2. The summed E-state index contributed by atoms with van der Waals surface area (Å²) in [5, 5.41) is 0. The summed E-state index contributed by atoms with van der Waals surface area (Å²) < 4.78 is 57.3. The molecule has 16 heteroatoms. The fourth-order valence-corrected chi connectivity index (χ4v) is 8.21. The normalized spacial score (nSPS) is 11.8. The summed E-state index contributed by atoms with van der Waals surface area (Å²) in [4.78, 5) is 73.1. The molecule has 0 atom stereocenters. The molecule has 0 heterocycles. The fourth-order valence-electron chi connectivity index (χ4n) is 8.21. The summed E-state index contributed by atoms with van der Waals surface area (Å²) in [5.74, 6) is -1.82. The molecule has 4 aromatic carbocycles. The van der Waals surface area contributed by atoms with E-state index >= 15 is 0 Å². The van der Waals surface area contributed by atoms with Gasteiger partial charge in [-0.3, -0.25) is 0 Å². The number of ether oxygens (including phenoxy) is 10. The van der Waals surface area contributed by atoms with Crippen LogP contribution in [0.2, 0.25) is 0 Å². The van der Waals surface area contributed by atoms with E-state index in [9.17, 15) is 28.8 Å². The van der Waals surface area contributed by atoms with Crippen LogP contribution in [0, 0.1) is 27.7 Å². The predicted molar refractivity (Wildman–Crippen MR) is 274 cm³/mol. The number of hydrogen-bond acceptors (Lipinski definition) is 16. The lowest BCUT2D eigenvalue weighted by atomic mass is 9.88. The molecular weight excluding hydrogens is 953 g/mol. The number of carbonyl (C=O) groups is 6. The topological polar surface area (TPSA) is 195 Å². The van der Waals surface area contributed by atoms with Crippen molar-refractivity contribution in [1.29, 1.82) is 0 Å². The van der Waals surface area contributed by atoms with Crippen LogP contribution in [-0.2, 0) is 82.9 Å². The molecule has 0 spiro atoms. The molecule has 392 valence electrons. The van der Waals surface area contributed by atoms with Gasteiger partial charge in [-0.1, -0.05) is 83.9 Å². The first-order valence-corrected chi connectivity index (χ1v) is 23.9. The van der Waals surface area contributed by atoms with Crippen molar-refractivity contribution < 1.29 is 76.1 Å². The van der Waals surface area contributed by atoms with Crippen molar-refractivity contribution in [3.05, 3.63) is 164 Å². The second kappa shape index (κ2) is 27.6. The van der Waals surface area contributed by atoms with Crippen molar-refractivity contribution in [1.82, 2.24) is 0 Å². The second-order valence-corrected chi connectivity index (χ2v) is 17.6. The van der Waals surface area contributed by atoms with Gasteiger partial charge in [-0.05, 0) is 86.1 Å². The first-order chi connectivity index (χ1) is 35.3. The summed E-state index contributed by atoms with van der Waals surface area (Å²) in [7, 11) is 2.40. The van der Waals surface area contributed by atoms with Crippen LogP contribution >= 0.6 is 0 Å². The lowest BCUT2D eigenvalue weighted by Crippen LogP contribution is -2.16. The number of carbonyl (C=O) groups excluding carboxylic acids is 6. The van der Waals surface area contributed by atoms with Crippen molar-refractivity contribution in [2.75, 3.05) is 67.1 Å². The van der Waals surface area contributed by atoms with E-state index in [1.807, 2.05) is 76.2 Å². The molecule has 0 aromatic heterocycles. The Morgan fingerprint density at radius 3 is 0.811 bits per heavy atom. The van der Waals surface area contributed by atoms with Gasteiger partial charge in [-0.2, -0.15) is 0 Å². The number of benzene rings is 4. The maximum Gasteiger partial charge on any atom is 0.333 e. The maximum absolute atomic E-state index is 12.5. The van der Waals surface area contributed by atoms with Crippen LogP contribution in [0.5, 0.6) is 23.0 Å². The molecule has 0 saturated heterocycles. The van der Waals surface area contributed by atoms with Crippen molar-refractivity contribution in [3.63, 3.8) is 0 Å². The molecule has 0 unspecified atom stereocenters. The highest BCUT2D eigenvalue weighted by molar-refractivity contribution is 5.92. The van der Waals surface area contributed by atoms with Gasteiger partial charge < -0.3 is 47.4 Å².